The fourth-order valence-corrected chi connectivity index (χ4v) is 5.00. The number of rotatable bonds is 2. The molecule has 136 valence electrons. The summed E-state index contributed by atoms with van der Waals surface area (Å²) >= 11 is 0. The number of ether oxygens (including phenoxy) is 3. The molecule has 3 heterocycles. The summed E-state index contributed by atoms with van der Waals surface area (Å²) in [6, 6.07) is 0. The van der Waals surface area contributed by atoms with Gasteiger partial charge in [-0.25, -0.2) is 4.79 Å². The molecule has 2 N–H and O–H groups in total. The van der Waals surface area contributed by atoms with Crippen LogP contribution in [0.4, 0.5) is 4.39 Å². The second kappa shape index (κ2) is 5.23. The summed E-state index contributed by atoms with van der Waals surface area (Å²) in [6.07, 6.45) is 2.07. The van der Waals surface area contributed by atoms with E-state index in [1.54, 1.807) is 0 Å². The van der Waals surface area contributed by atoms with Crippen LogP contribution in [0, 0.1) is 17.7 Å². The molecule has 9 heteroatoms. The number of H-pyrrole nitrogens is 1. The predicted octanol–water partition coefficient (Wildman–Crippen LogP) is -0.134. The number of hydrogen-bond donors (Lipinski definition) is 2. The Kier molecular flexibility index (Phi) is 3.28. The van der Waals surface area contributed by atoms with E-state index in [1.807, 2.05) is 4.98 Å². The van der Waals surface area contributed by atoms with E-state index in [0.29, 0.717) is 11.8 Å². The molecule has 1 aromatic rings. The highest BCUT2D eigenvalue weighted by molar-refractivity contribution is 5.06. The standard InChI is InChI=1S/C16H19FN2O6/c17-9-5-19(15(22)18-13(9)21)14-12-11(10(6-20)23-14)24-16(25-12)4-7-1-2-8(16)3-7/h5,7-8,10-12,14,20H,1-4,6H2,(H,18,21,22)/t7-,8+,10-,11-,12-,14-,16+/m1/s1. The minimum absolute atomic E-state index is 0.298. The summed E-state index contributed by atoms with van der Waals surface area (Å²) in [5, 5.41) is 9.63. The molecule has 2 saturated carbocycles. The average Bonchev–Trinajstić information content (AvgIpc) is 3.31. The van der Waals surface area contributed by atoms with Crippen molar-refractivity contribution in [3.63, 3.8) is 0 Å². The van der Waals surface area contributed by atoms with E-state index in [-0.39, 0.29) is 6.61 Å². The molecule has 0 aromatic carbocycles. The first-order chi connectivity index (χ1) is 12.0. The van der Waals surface area contributed by atoms with E-state index in [1.165, 1.54) is 6.42 Å². The van der Waals surface area contributed by atoms with Gasteiger partial charge in [-0.1, -0.05) is 0 Å². The molecule has 0 amide bonds. The van der Waals surface area contributed by atoms with Crippen LogP contribution in [0.5, 0.6) is 0 Å². The number of hydrogen-bond acceptors (Lipinski definition) is 6. The van der Waals surface area contributed by atoms with Crippen LogP contribution in [0.2, 0.25) is 0 Å². The van der Waals surface area contributed by atoms with Crippen molar-refractivity contribution in [1.29, 1.82) is 0 Å². The highest BCUT2D eigenvalue weighted by Crippen LogP contribution is 2.58. The quantitative estimate of drug-likeness (QED) is 0.767. The molecule has 8 nitrogen and oxygen atoms in total. The van der Waals surface area contributed by atoms with E-state index in [9.17, 15) is 19.1 Å². The third-order valence-electron chi connectivity index (χ3n) is 6.07. The number of aliphatic hydroxyl groups excluding tert-OH is 1. The van der Waals surface area contributed by atoms with Crippen LogP contribution in [-0.4, -0.2) is 45.4 Å². The van der Waals surface area contributed by atoms with E-state index in [0.717, 1.165) is 30.0 Å². The molecular formula is C16H19FN2O6. The molecular weight excluding hydrogens is 335 g/mol. The van der Waals surface area contributed by atoms with Gasteiger partial charge in [0.25, 0.3) is 5.56 Å². The molecule has 25 heavy (non-hydrogen) atoms. The number of nitrogens with zero attached hydrogens (tertiary/aromatic N) is 1. The number of fused-ring (bicyclic) bond motifs is 4. The smallest absolute Gasteiger partial charge is 0.330 e. The zero-order valence-electron chi connectivity index (χ0n) is 13.4. The summed E-state index contributed by atoms with van der Waals surface area (Å²) < 4.78 is 32.8. The minimum Gasteiger partial charge on any atom is -0.394 e. The fourth-order valence-electron chi connectivity index (χ4n) is 5.00. The van der Waals surface area contributed by atoms with Crippen LogP contribution in [-0.2, 0) is 14.2 Å². The molecule has 2 bridgehead atoms. The summed E-state index contributed by atoms with van der Waals surface area (Å²) in [7, 11) is 0. The molecule has 1 spiro atoms. The topological polar surface area (TPSA) is 103 Å². The van der Waals surface area contributed by atoms with Gasteiger partial charge in [0, 0.05) is 12.3 Å². The largest absolute Gasteiger partial charge is 0.394 e. The van der Waals surface area contributed by atoms with Crippen molar-refractivity contribution in [2.45, 2.75) is 56.0 Å². The molecule has 7 atom stereocenters. The number of nitrogens with one attached hydrogen (secondary N) is 1. The molecule has 4 aliphatic rings. The van der Waals surface area contributed by atoms with E-state index in [4.69, 9.17) is 14.2 Å². The van der Waals surface area contributed by atoms with Crippen molar-refractivity contribution in [3.05, 3.63) is 32.9 Å². The normalized spacial score (nSPS) is 44.7. The van der Waals surface area contributed by atoms with Gasteiger partial charge < -0.3 is 19.3 Å². The summed E-state index contributed by atoms with van der Waals surface area (Å²) in [5.74, 6) is -0.908. The summed E-state index contributed by atoms with van der Waals surface area (Å²) in [6.45, 7) is -0.300. The van der Waals surface area contributed by atoms with Gasteiger partial charge in [-0.2, -0.15) is 4.39 Å². The first-order valence-corrected chi connectivity index (χ1v) is 8.63. The highest BCUT2D eigenvalue weighted by Gasteiger charge is 2.65. The van der Waals surface area contributed by atoms with Gasteiger partial charge >= 0.3 is 5.69 Å². The third kappa shape index (κ3) is 2.13. The van der Waals surface area contributed by atoms with E-state index >= 15 is 0 Å². The zero-order valence-corrected chi connectivity index (χ0v) is 13.4. The molecule has 0 unspecified atom stereocenters. The Labute approximate surface area is 141 Å². The molecule has 5 rings (SSSR count). The van der Waals surface area contributed by atoms with Gasteiger partial charge in [-0.05, 0) is 25.2 Å². The summed E-state index contributed by atoms with van der Waals surface area (Å²) in [5.41, 5.74) is -1.87. The zero-order chi connectivity index (χ0) is 17.3. The lowest BCUT2D eigenvalue weighted by Crippen LogP contribution is -2.41. The molecule has 2 saturated heterocycles. The molecule has 2 aliphatic heterocycles. The maximum atomic E-state index is 13.7. The number of aliphatic hydroxyl groups is 1. The second-order valence-corrected chi connectivity index (χ2v) is 7.45. The van der Waals surface area contributed by atoms with Gasteiger partial charge in [0.15, 0.2) is 12.0 Å². The van der Waals surface area contributed by atoms with Crippen LogP contribution in [0.1, 0.15) is 31.9 Å². The average molecular weight is 354 g/mol. The lowest BCUT2D eigenvalue weighted by molar-refractivity contribution is -0.243. The Hall–Kier alpha value is -1.55. The lowest BCUT2D eigenvalue weighted by atomic mass is 9.94. The lowest BCUT2D eigenvalue weighted by Gasteiger charge is -2.34. The Balaban J connectivity index is 1.51. The number of aromatic nitrogens is 2. The molecule has 4 fully saturated rings. The Bertz CT molecular complexity index is 824. The van der Waals surface area contributed by atoms with Crippen molar-refractivity contribution in [1.82, 2.24) is 9.55 Å². The SMILES string of the molecule is O=c1[nH]c(=O)n([C@@H]2O[C@H](CO)[C@H]3O[C@@]4(C[C@@H]5CC[C@H]4C5)O[C@H]32)cc1F. The first kappa shape index (κ1) is 15.7. The molecule has 1 aromatic heterocycles. The van der Waals surface area contributed by atoms with Gasteiger partial charge in [0.1, 0.15) is 18.3 Å². The van der Waals surface area contributed by atoms with Crippen LogP contribution >= 0.6 is 0 Å². The Morgan fingerprint density at radius 3 is 2.80 bits per heavy atom. The van der Waals surface area contributed by atoms with Crippen molar-refractivity contribution >= 4 is 0 Å². The summed E-state index contributed by atoms with van der Waals surface area (Å²) in [4.78, 5) is 25.3. The van der Waals surface area contributed by atoms with E-state index < -0.39 is 47.4 Å². The maximum Gasteiger partial charge on any atom is 0.330 e. The highest BCUT2D eigenvalue weighted by atomic mass is 19.1. The Morgan fingerprint density at radius 2 is 2.12 bits per heavy atom. The molecule has 2 aliphatic carbocycles. The van der Waals surface area contributed by atoms with Crippen molar-refractivity contribution < 1.29 is 23.7 Å². The predicted molar refractivity (Wildman–Crippen MR) is 80.2 cm³/mol. The third-order valence-corrected chi connectivity index (χ3v) is 6.07. The molecule has 0 radical (unpaired) electrons. The van der Waals surface area contributed by atoms with Gasteiger partial charge in [0.05, 0.1) is 12.8 Å². The minimum atomic E-state index is -1.08. The van der Waals surface area contributed by atoms with Crippen LogP contribution in [0.15, 0.2) is 15.8 Å². The maximum absolute atomic E-state index is 13.7. The fraction of sp³-hybridized carbons (Fsp3) is 0.750. The van der Waals surface area contributed by atoms with Gasteiger partial charge in [-0.15, -0.1) is 0 Å². The van der Waals surface area contributed by atoms with Gasteiger partial charge in [0.2, 0.25) is 5.82 Å². The van der Waals surface area contributed by atoms with E-state index in [2.05, 4.69) is 0 Å². The first-order valence-electron chi connectivity index (χ1n) is 8.63. The second-order valence-electron chi connectivity index (χ2n) is 7.45. The monoisotopic (exact) mass is 354 g/mol. The Morgan fingerprint density at radius 1 is 1.32 bits per heavy atom. The van der Waals surface area contributed by atoms with Crippen molar-refractivity contribution in [2.75, 3.05) is 6.61 Å². The van der Waals surface area contributed by atoms with Crippen molar-refractivity contribution in [2.24, 2.45) is 11.8 Å². The van der Waals surface area contributed by atoms with Crippen LogP contribution in [0.25, 0.3) is 0 Å². The number of halogens is 1. The van der Waals surface area contributed by atoms with Crippen LogP contribution < -0.4 is 11.2 Å². The van der Waals surface area contributed by atoms with Gasteiger partial charge in [-0.3, -0.25) is 14.3 Å². The van der Waals surface area contributed by atoms with Crippen molar-refractivity contribution in [3.8, 4) is 0 Å². The number of aromatic amines is 1. The van der Waals surface area contributed by atoms with Crippen LogP contribution in [0.3, 0.4) is 0 Å².